The normalized spacial score (nSPS) is 22.3. The van der Waals surface area contributed by atoms with E-state index in [-0.39, 0.29) is 30.4 Å². The molecule has 0 aromatic heterocycles. The number of halogens is 4. The first kappa shape index (κ1) is 19.7. The second kappa shape index (κ2) is 7.34. The first-order valence-electron chi connectivity index (χ1n) is 9.21. The van der Waals surface area contributed by atoms with Crippen molar-refractivity contribution in [3.8, 4) is 0 Å². The van der Waals surface area contributed by atoms with E-state index in [2.05, 4.69) is 5.32 Å². The minimum atomic E-state index is -4.43. The molecule has 0 spiro atoms. The lowest BCUT2D eigenvalue weighted by Crippen LogP contribution is -2.38. The monoisotopic (exact) mass is 419 g/mol. The Kier molecular flexibility index (Phi) is 4.99. The first-order valence-corrected chi connectivity index (χ1v) is 9.59. The van der Waals surface area contributed by atoms with Gasteiger partial charge in [0.25, 0.3) is 0 Å². The van der Waals surface area contributed by atoms with Gasteiger partial charge in [0.2, 0.25) is 5.91 Å². The van der Waals surface area contributed by atoms with Gasteiger partial charge in [-0.25, -0.2) is 0 Å². The van der Waals surface area contributed by atoms with Crippen LogP contribution in [-0.2, 0) is 15.8 Å². The van der Waals surface area contributed by atoms with Gasteiger partial charge in [-0.3, -0.25) is 9.59 Å². The van der Waals surface area contributed by atoms with E-state index in [1.54, 1.807) is 6.07 Å². The third kappa shape index (κ3) is 3.81. The number of amides is 1. The molecule has 29 heavy (non-hydrogen) atoms. The van der Waals surface area contributed by atoms with E-state index in [0.717, 1.165) is 17.7 Å². The summed E-state index contributed by atoms with van der Waals surface area (Å²) in [6, 6.07) is 12.0. The Labute approximate surface area is 170 Å². The Morgan fingerprint density at radius 3 is 2.28 bits per heavy atom. The highest BCUT2D eigenvalue weighted by atomic mass is 35.5. The van der Waals surface area contributed by atoms with Crippen molar-refractivity contribution in [1.82, 2.24) is 5.32 Å². The predicted molar refractivity (Wildman–Crippen MR) is 102 cm³/mol. The van der Waals surface area contributed by atoms with E-state index in [0.29, 0.717) is 28.3 Å². The van der Waals surface area contributed by atoms with E-state index in [1.165, 1.54) is 12.1 Å². The van der Waals surface area contributed by atoms with Gasteiger partial charge in [0.1, 0.15) is 0 Å². The van der Waals surface area contributed by atoms with Crippen LogP contribution in [0.1, 0.15) is 47.8 Å². The number of Topliss-reactive ketones (excluding diaryl/α,β-unsaturated/α-hetero) is 1. The van der Waals surface area contributed by atoms with Crippen molar-refractivity contribution in [2.45, 2.75) is 37.3 Å². The summed E-state index contributed by atoms with van der Waals surface area (Å²) < 4.78 is 38.6. The average molecular weight is 420 g/mol. The molecular formula is C22H17ClF3NO2. The third-order valence-electron chi connectivity index (χ3n) is 5.52. The first-order chi connectivity index (χ1) is 13.7. The standard InChI is InChI=1S/C22H17ClF3NO2/c23-17-4-2-1-3-15(17)13-9-18-21(19(28)10-13)16(11-20(29)27-18)12-5-7-14(8-6-12)22(24,25)26/h1-8,13,16H,9-11H2,(H,27,29)/t13-,16+/m0/s1. The molecular weight excluding hydrogens is 403 g/mol. The molecule has 0 unspecified atom stereocenters. The molecule has 1 aliphatic carbocycles. The quantitative estimate of drug-likeness (QED) is 0.712. The summed E-state index contributed by atoms with van der Waals surface area (Å²) in [6.07, 6.45) is -3.70. The maximum atomic E-state index is 13.0. The number of carbonyl (C=O) groups is 2. The number of ketones is 1. The van der Waals surface area contributed by atoms with Gasteiger partial charge in [0, 0.05) is 35.1 Å². The second-order valence-corrected chi connectivity index (χ2v) is 7.77. The van der Waals surface area contributed by atoms with Crippen molar-refractivity contribution in [3.63, 3.8) is 0 Å². The van der Waals surface area contributed by atoms with Crippen LogP contribution in [0.25, 0.3) is 0 Å². The average Bonchev–Trinajstić information content (AvgIpc) is 2.66. The Balaban J connectivity index is 1.69. The van der Waals surface area contributed by atoms with Gasteiger partial charge in [-0.15, -0.1) is 0 Å². The Bertz CT molecular complexity index is 1010. The van der Waals surface area contributed by atoms with Crippen LogP contribution in [0.15, 0.2) is 59.8 Å². The van der Waals surface area contributed by atoms with E-state index in [9.17, 15) is 22.8 Å². The molecule has 7 heteroatoms. The molecule has 2 aromatic carbocycles. The molecule has 0 saturated heterocycles. The fraction of sp³-hybridized carbons (Fsp3) is 0.273. The molecule has 0 fully saturated rings. The number of rotatable bonds is 2. The minimum Gasteiger partial charge on any atom is -0.329 e. The lowest BCUT2D eigenvalue weighted by Gasteiger charge is -2.34. The lowest BCUT2D eigenvalue weighted by molar-refractivity contribution is -0.137. The Morgan fingerprint density at radius 2 is 1.62 bits per heavy atom. The van der Waals surface area contributed by atoms with Gasteiger partial charge >= 0.3 is 6.18 Å². The topological polar surface area (TPSA) is 46.2 Å². The zero-order valence-electron chi connectivity index (χ0n) is 15.2. The molecule has 0 bridgehead atoms. The summed E-state index contributed by atoms with van der Waals surface area (Å²) >= 11 is 6.28. The smallest absolute Gasteiger partial charge is 0.329 e. The number of hydrogen-bond donors (Lipinski definition) is 1. The summed E-state index contributed by atoms with van der Waals surface area (Å²) in [6.45, 7) is 0. The Hall–Kier alpha value is -2.60. The van der Waals surface area contributed by atoms with Crippen LogP contribution in [0.4, 0.5) is 13.2 Å². The zero-order chi connectivity index (χ0) is 20.8. The molecule has 2 atom stereocenters. The van der Waals surface area contributed by atoms with Crippen molar-refractivity contribution < 1.29 is 22.8 Å². The van der Waals surface area contributed by atoms with Crippen LogP contribution in [0, 0.1) is 0 Å². The summed E-state index contributed by atoms with van der Waals surface area (Å²) in [5.41, 5.74) is 1.66. The van der Waals surface area contributed by atoms with Crippen LogP contribution >= 0.6 is 11.6 Å². The van der Waals surface area contributed by atoms with E-state index >= 15 is 0 Å². The second-order valence-electron chi connectivity index (χ2n) is 7.37. The number of hydrogen-bond acceptors (Lipinski definition) is 2. The van der Waals surface area contributed by atoms with Gasteiger partial charge < -0.3 is 5.32 Å². The van der Waals surface area contributed by atoms with Gasteiger partial charge in [-0.2, -0.15) is 13.2 Å². The summed E-state index contributed by atoms with van der Waals surface area (Å²) in [7, 11) is 0. The summed E-state index contributed by atoms with van der Waals surface area (Å²) in [4.78, 5) is 25.3. The SMILES string of the molecule is O=C1C[C@H](c2ccc(C(F)(F)F)cc2)C2=C(C[C@H](c3ccccc3Cl)CC2=O)N1. The van der Waals surface area contributed by atoms with Crippen LogP contribution in [-0.4, -0.2) is 11.7 Å². The summed E-state index contributed by atoms with van der Waals surface area (Å²) in [5, 5.41) is 3.37. The molecule has 1 amide bonds. The van der Waals surface area contributed by atoms with Gasteiger partial charge in [0.05, 0.1) is 5.56 Å². The third-order valence-corrected chi connectivity index (χ3v) is 5.87. The molecule has 2 aliphatic rings. The highest BCUT2D eigenvalue weighted by molar-refractivity contribution is 6.31. The fourth-order valence-electron chi connectivity index (χ4n) is 4.18. The number of allylic oxidation sites excluding steroid dienone is 2. The van der Waals surface area contributed by atoms with Crippen molar-refractivity contribution in [2.24, 2.45) is 0 Å². The van der Waals surface area contributed by atoms with Crippen LogP contribution in [0.3, 0.4) is 0 Å². The van der Waals surface area contributed by atoms with Gasteiger partial charge in [0.15, 0.2) is 5.78 Å². The number of carbonyl (C=O) groups excluding carboxylic acids is 2. The molecule has 0 radical (unpaired) electrons. The molecule has 1 N–H and O–H groups in total. The number of nitrogens with one attached hydrogen (secondary N) is 1. The molecule has 2 aromatic rings. The van der Waals surface area contributed by atoms with Crippen molar-refractivity contribution in [1.29, 1.82) is 0 Å². The maximum absolute atomic E-state index is 13.0. The fourth-order valence-corrected chi connectivity index (χ4v) is 4.47. The van der Waals surface area contributed by atoms with E-state index < -0.39 is 17.7 Å². The van der Waals surface area contributed by atoms with Crippen molar-refractivity contribution in [2.75, 3.05) is 0 Å². The molecule has 4 rings (SSSR count). The van der Waals surface area contributed by atoms with E-state index in [1.807, 2.05) is 18.2 Å². The number of benzene rings is 2. The largest absolute Gasteiger partial charge is 0.416 e. The van der Waals surface area contributed by atoms with Crippen LogP contribution in [0.2, 0.25) is 5.02 Å². The van der Waals surface area contributed by atoms with E-state index in [4.69, 9.17) is 11.6 Å². The Morgan fingerprint density at radius 1 is 0.931 bits per heavy atom. The summed E-state index contributed by atoms with van der Waals surface area (Å²) in [5.74, 6) is -1.05. The molecule has 0 saturated carbocycles. The minimum absolute atomic E-state index is 0.0344. The maximum Gasteiger partial charge on any atom is 0.416 e. The molecule has 1 aliphatic heterocycles. The molecule has 1 heterocycles. The van der Waals surface area contributed by atoms with Crippen molar-refractivity contribution >= 4 is 23.3 Å². The highest BCUT2D eigenvalue weighted by Gasteiger charge is 2.39. The lowest BCUT2D eigenvalue weighted by atomic mass is 9.73. The zero-order valence-corrected chi connectivity index (χ0v) is 16.0. The van der Waals surface area contributed by atoms with Crippen LogP contribution in [0.5, 0.6) is 0 Å². The predicted octanol–water partition coefficient (Wildman–Crippen LogP) is 5.36. The molecule has 150 valence electrons. The molecule has 3 nitrogen and oxygen atoms in total. The van der Waals surface area contributed by atoms with Gasteiger partial charge in [-0.1, -0.05) is 41.9 Å². The number of alkyl halides is 3. The van der Waals surface area contributed by atoms with Crippen molar-refractivity contribution in [3.05, 3.63) is 81.5 Å². The van der Waals surface area contributed by atoms with Gasteiger partial charge in [-0.05, 0) is 41.7 Å². The highest BCUT2D eigenvalue weighted by Crippen LogP contribution is 2.44. The van der Waals surface area contributed by atoms with Crippen LogP contribution < -0.4 is 5.32 Å².